The van der Waals surface area contributed by atoms with Crippen molar-refractivity contribution in [2.75, 3.05) is 23.5 Å². The van der Waals surface area contributed by atoms with E-state index in [-0.39, 0.29) is 17.7 Å². The SMILES string of the molecule is C=C(C)c1ncc(N2C[C@H](CS(C)(=O)=O)[C@H]2C)c2cnc(Cl)cc12. The lowest BCUT2D eigenvalue weighted by Crippen LogP contribution is -2.57. The molecule has 0 aromatic carbocycles. The van der Waals surface area contributed by atoms with Gasteiger partial charge in [0.2, 0.25) is 0 Å². The van der Waals surface area contributed by atoms with Crippen LogP contribution < -0.4 is 4.90 Å². The molecule has 0 N–H and O–H groups in total. The number of allylic oxidation sites excluding steroid dienone is 1. The number of anilines is 1. The fourth-order valence-corrected chi connectivity index (χ4v) is 4.57. The molecule has 0 bridgehead atoms. The van der Waals surface area contributed by atoms with Crippen molar-refractivity contribution in [3.8, 4) is 0 Å². The molecule has 1 aliphatic rings. The summed E-state index contributed by atoms with van der Waals surface area (Å²) in [6.07, 6.45) is 4.85. The summed E-state index contributed by atoms with van der Waals surface area (Å²) in [6.45, 7) is 8.62. The lowest BCUT2D eigenvalue weighted by atomic mass is 9.90. The molecule has 0 saturated carbocycles. The minimum Gasteiger partial charge on any atom is -0.366 e. The van der Waals surface area contributed by atoms with Gasteiger partial charge in [0.25, 0.3) is 0 Å². The minimum absolute atomic E-state index is 0.135. The first-order chi connectivity index (χ1) is 11.2. The van der Waals surface area contributed by atoms with Crippen molar-refractivity contribution in [1.82, 2.24) is 9.97 Å². The highest BCUT2D eigenvalue weighted by atomic mass is 35.5. The van der Waals surface area contributed by atoms with Crippen LogP contribution in [0.3, 0.4) is 0 Å². The molecule has 2 aromatic rings. The van der Waals surface area contributed by atoms with E-state index in [2.05, 4.69) is 21.4 Å². The molecular formula is C17H20ClN3O2S. The highest BCUT2D eigenvalue weighted by Crippen LogP contribution is 2.37. The van der Waals surface area contributed by atoms with Crippen LogP contribution in [-0.2, 0) is 9.84 Å². The Labute approximate surface area is 147 Å². The van der Waals surface area contributed by atoms with Crippen molar-refractivity contribution >= 4 is 43.5 Å². The van der Waals surface area contributed by atoms with Crippen molar-refractivity contribution in [2.45, 2.75) is 19.9 Å². The second-order valence-corrected chi connectivity index (χ2v) is 9.14. The van der Waals surface area contributed by atoms with Gasteiger partial charge in [0.05, 0.1) is 23.3 Å². The number of nitrogens with zero attached hydrogens (tertiary/aromatic N) is 3. The molecule has 1 saturated heterocycles. The molecule has 1 fully saturated rings. The van der Waals surface area contributed by atoms with Gasteiger partial charge >= 0.3 is 0 Å². The van der Waals surface area contributed by atoms with Crippen molar-refractivity contribution in [3.63, 3.8) is 0 Å². The summed E-state index contributed by atoms with van der Waals surface area (Å²) in [4.78, 5) is 10.9. The molecule has 0 unspecified atom stereocenters. The number of hydrogen-bond acceptors (Lipinski definition) is 5. The van der Waals surface area contributed by atoms with Gasteiger partial charge in [0, 0.05) is 41.7 Å². The monoisotopic (exact) mass is 365 g/mol. The summed E-state index contributed by atoms with van der Waals surface area (Å²) in [5.41, 5.74) is 2.62. The maximum atomic E-state index is 11.5. The summed E-state index contributed by atoms with van der Waals surface area (Å²) in [5, 5.41) is 2.28. The quantitative estimate of drug-likeness (QED) is 0.778. The van der Waals surface area contributed by atoms with Crippen LogP contribution >= 0.6 is 11.6 Å². The zero-order chi connectivity index (χ0) is 17.6. The predicted molar refractivity (Wildman–Crippen MR) is 99.3 cm³/mol. The molecule has 3 rings (SSSR count). The van der Waals surface area contributed by atoms with Crippen molar-refractivity contribution in [3.05, 3.63) is 35.9 Å². The van der Waals surface area contributed by atoms with Crippen molar-refractivity contribution in [2.24, 2.45) is 5.92 Å². The molecule has 7 heteroatoms. The van der Waals surface area contributed by atoms with Gasteiger partial charge in [0.15, 0.2) is 0 Å². The molecule has 0 amide bonds. The maximum absolute atomic E-state index is 11.5. The van der Waals surface area contributed by atoms with Crippen LogP contribution in [0.25, 0.3) is 16.3 Å². The highest BCUT2D eigenvalue weighted by molar-refractivity contribution is 7.90. The van der Waals surface area contributed by atoms with Crippen LogP contribution in [0, 0.1) is 5.92 Å². The van der Waals surface area contributed by atoms with E-state index in [1.807, 2.05) is 20.0 Å². The number of halogens is 1. The van der Waals surface area contributed by atoms with Crippen LogP contribution in [0.1, 0.15) is 19.5 Å². The molecule has 5 nitrogen and oxygen atoms in total. The van der Waals surface area contributed by atoms with E-state index < -0.39 is 9.84 Å². The number of aromatic nitrogens is 2. The number of hydrogen-bond donors (Lipinski definition) is 0. The Kier molecular flexibility index (Phi) is 4.30. The second kappa shape index (κ2) is 6.01. The zero-order valence-electron chi connectivity index (χ0n) is 14.0. The molecule has 1 aliphatic heterocycles. The van der Waals surface area contributed by atoms with Gasteiger partial charge in [-0.25, -0.2) is 13.4 Å². The number of sulfone groups is 1. The van der Waals surface area contributed by atoms with Gasteiger partial charge in [-0.1, -0.05) is 18.2 Å². The topological polar surface area (TPSA) is 63.2 Å². The van der Waals surface area contributed by atoms with E-state index in [0.29, 0.717) is 11.7 Å². The van der Waals surface area contributed by atoms with E-state index in [4.69, 9.17) is 11.6 Å². The Balaban J connectivity index is 2.00. The fourth-order valence-electron chi connectivity index (χ4n) is 3.25. The van der Waals surface area contributed by atoms with Gasteiger partial charge in [-0.05, 0) is 25.5 Å². The molecule has 0 spiro atoms. The fraction of sp³-hybridized carbons (Fsp3) is 0.412. The Bertz CT molecular complexity index is 927. The molecule has 24 heavy (non-hydrogen) atoms. The standard InChI is InChI=1S/C17H20ClN3O2S/c1-10(2)17-13-5-16(18)19-6-14(13)15(7-20-17)21-8-12(11(21)3)9-24(4,22)23/h5-7,11-12H,1,8-9H2,2-4H3/t11-,12-/m1/s1. The van der Waals surface area contributed by atoms with Crippen LogP contribution in [-0.4, -0.2) is 43.0 Å². The number of pyridine rings is 2. The third-order valence-corrected chi connectivity index (χ3v) is 5.79. The summed E-state index contributed by atoms with van der Waals surface area (Å²) >= 11 is 6.05. The average molecular weight is 366 g/mol. The summed E-state index contributed by atoms with van der Waals surface area (Å²) < 4.78 is 23.1. The van der Waals surface area contributed by atoms with E-state index >= 15 is 0 Å². The van der Waals surface area contributed by atoms with Gasteiger partial charge in [-0.3, -0.25) is 4.98 Å². The largest absolute Gasteiger partial charge is 0.366 e. The molecular weight excluding hydrogens is 346 g/mol. The minimum atomic E-state index is -2.97. The van der Waals surface area contributed by atoms with Crippen LogP contribution in [0.5, 0.6) is 0 Å². The van der Waals surface area contributed by atoms with E-state index in [1.54, 1.807) is 12.3 Å². The Hall–Kier alpha value is -1.66. The Morgan fingerprint density at radius 2 is 2.08 bits per heavy atom. The predicted octanol–water partition coefficient (Wildman–Crippen LogP) is 3.19. The van der Waals surface area contributed by atoms with E-state index in [1.165, 1.54) is 6.26 Å². The van der Waals surface area contributed by atoms with Crippen molar-refractivity contribution in [1.29, 1.82) is 0 Å². The number of rotatable bonds is 4. The molecule has 2 atom stereocenters. The smallest absolute Gasteiger partial charge is 0.147 e. The summed E-state index contributed by atoms with van der Waals surface area (Å²) in [5.74, 6) is 0.348. The molecule has 0 aliphatic carbocycles. The first-order valence-corrected chi connectivity index (χ1v) is 10.2. The lowest BCUT2D eigenvalue weighted by molar-refractivity contribution is 0.342. The van der Waals surface area contributed by atoms with Gasteiger partial charge < -0.3 is 4.90 Å². The lowest BCUT2D eigenvalue weighted by Gasteiger charge is -2.48. The zero-order valence-corrected chi connectivity index (χ0v) is 15.5. The van der Waals surface area contributed by atoms with Crippen LogP contribution in [0.2, 0.25) is 5.15 Å². The normalized spacial score (nSPS) is 20.9. The molecule has 2 aromatic heterocycles. The van der Waals surface area contributed by atoms with Gasteiger partial charge in [0.1, 0.15) is 15.0 Å². The van der Waals surface area contributed by atoms with Crippen LogP contribution in [0.4, 0.5) is 5.69 Å². The Morgan fingerprint density at radius 1 is 1.38 bits per heavy atom. The third-order valence-electron chi connectivity index (χ3n) is 4.55. The third kappa shape index (κ3) is 3.13. The van der Waals surface area contributed by atoms with Gasteiger partial charge in [-0.2, -0.15) is 0 Å². The first kappa shape index (κ1) is 17.2. The van der Waals surface area contributed by atoms with Crippen molar-refractivity contribution < 1.29 is 8.42 Å². The highest BCUT2D eigenvalue weighted by Gasteiger charge is 2.38. The second-order valence-electron chi connectivity index (χ2n) is 6.57. The van der Waals surface area contributed by atoms with E-state index in [9.17, 15) is 8.42 Å². The average Bonchev–Trinajstić information content (AvgIpc) is 2.48. The molecule has 128 valence electrons. The maximum Gasteiger partial charge on any atom is 0.147 e. The summed E-state index contributed by atoms with van der Waals surface area (Å²) in [6, 6.07) is 1.94. The van der Waals surface area contributed by atoms with Crippen LogP contribution in [0.15, 0.2) is 25.0 Å². The molecule has 3 heterocycles. The van der Waals surface area contributed by atoms with E-state index in [0.717, 1.165) is 27.7 Å². The summed E-state index contributed by atoms with van der Waals surface area (Å²) in [7, 11) is -2.97. The molecule has 0 radical (unpaired) electrons. The first-order valence-electron chi connectivity index (χ1n) is 7.72. The van der Waals surface area contributed by atoms with Gasteiger partial charge in [-0.15, -0.1) is 0 Å². The number of fused-ring (bicyclic) bond motifs is 1. The Morgan fingerprint density at radius 3 is 2.67 bits per heavy atom.